The fourth-order valence-corrected chi connectivity index (χ4v) is 4.43. The second kappa shape index (κ2) is 7.66. The highest BCUT2D eigenvalue weighted by Gasteiger charge is 2.26. The number of sulfonamides is 1. The first-order valence-electron chi connectivity index (χ1n) is 8.11. The highest BCUT2D eigenvalue weighted by atomic mass is 35.5. The van der Waals surface area contributed by atoms with E-state index in [0.717, 1.165) is 31.5 Å². The first-order chi connectivity index (χ1) is 11.6. The standard InChI is InChI=1S/C18H21ClN2O2S/c19-17-11-5-4-10-16(17)18(21-12-6-7-13-21)14-20-24(22,23)15-8-2-1-3-9-15/h1-5,8-11,18,20H,6-7,12-14H2/t18-/m1/s1. The molecule has 0 bridgehead atoms. The Morgan fingerprint density at radius 1 is 1.00 bits per heavy atom. The Morgan fingerprint density at radius 3 is 2.29 bits per heavy atom. The van der Waals surface area contributed by atoms with Crippen molar-refractivity contribution in [3.05, 3.63) is 65.2 Å². The van der Waals surface area contributed by atoms with Gasteiger partial charge in [-0.25, -0.2) is 13.1 Å². The summed E-state index contributed by atoms with van der Waals surface area (Å²) in [7, 11) is -3.53. The third-order valence-corrected chi connectivity index (χ3v) is 6.15. The largest absolute Gasteiger partial charge is 0.295 e. The zero-order valence-electron chi connectivity index (χ0n) is 13.4. The molecule has 0 spiro atoms. The molecule has 0 saturated carbocycles. The third kappa shape index (κ3) is 3.98. The van der Waals surface area contributed by atoms with E-state index in [2.05, 4.69) is 9.62 Å². The van der Waals surface area contributed by atoms with Crippen LogP contribution in [0.1, 0.15) is 24.4 Å². The van der Waals surface area contributed by atoms with Crippen molar-refractivity contribution in [3.8, 4) is 0 Å². The van der Waals surface area contributed by atoms with E-state index < -0.39 is 10.0 Å². The van der Waals surface area contributed by atoms with Gasteiger partial charge in [-0.3, -0.25) is 4.90 Å². The van der Waals surface area contributed by atoms with Crippen LogP contribution in [-0.2, 0) is 10.0 Å². The van der Waals surface area contributed by atoms with Gasteiger partial charge in [0.2, 0.25) is 10.0 Å². The summed E-state index contributed by atoms with van der Waals surface area (Å²) < 4.78 is 27.8. The van der Waals surface area contributed by atoms with Crippen molar-refractivity contribution in [2.45, 2.75) is 23.8 Å². The van der Waals surface area contributed by atoms with Gasteiger partial charge in [0.05, 0.1) is 4.90 Å². The number of benzene rings is 2. The average molecular weight is 365 g/mol. The molecule has 1 aliphatic heterocycles. The molecule has 6 heteroatoms. The Bertz CT molecular complexity index is 775. The topological polar surface area (TPSA) is 49.4 Å². The van der Waals surface area contributed by atoms with E-state index in [1.165, 1.54) is 0 Å². The van der Waals surface area contributed by atoms with Gasteiger partial charge in [-0.1, -0.05) is 48.0 Å². The van der Waals surface area contributed by atoms with Crippen LogP contribution < -0.4 is 4.72 Å². The van der Waals surface area contributed by atoms with Crippen LogP contribution in [0, 0.1) is 0 Å². The monoisotopic (exact) mass is 364 g/mol. The van der Waals surface area contributed by atoms with Crippen molar-refractivity contribution in [1.29, 1.82) is 0 Å². The van der Waals surface area contributed by atoms with Gasteiger partial charge in [0, 0.05) is 17.6 Å². The second-order valence-electron chi connectivity index (χ2n) is 5.95. The van der Waals surface area contributed by atoms with E-state index in [1.54, 1.807) is 30.3 Å². The lowest BCUT2D eigenvalue weighted by atomic mass is 10.1. The van der Waals surface area contributed by atoms with Crippen LogP contribution in [0.3, 0.4) is 0 Å². The molecule has 128 valence electrons. The lowest BCUT2D eigenvalue weighted by Gasteiger charge is -2.28. The normalized spacial score (nSPS) is 17.0. The van der Waals surface area contributed by atoms with Crippen LogP contribution in [0.4, 0.5) is 0 Å². The second-order valence-corrected chi connectivity index (χ2v) is 8.12. The fourth-order valence-electron chi connectivity index (χ4n) is 3.11. The lowest BCUT2D eigenvalue weighted by Crippen LogP contribution is -2.37. The van der Waals surface area contributed by atoms with E-state index >= 15 is 0 Å². The van der Waals surface area contributed by atoms with Gasteiger partial charge in [-0.05, 0) is 49.7 Å². The molecule has 24 heavy (non-hydrogen) atoms. The summed E-state index contributed by atoms with van der Waals surface area (Å²) in [5, 5.41) is 0.674. The molecule has 2 aromatic carbocycles. The number of hydrogen-bond donors (Lipinski definition) is 1. The molecule has 1 aliphatic rings. The molecule has 1 saturated heterocycles. The minimum atomic E-state index is -3.53. The molecular formula is C18H21ClN2O2S. The molecule has 1 atom stereocenters. The van der Waals surface area contributed by atoms with Gasteiger partial charge in [0.15, 0.2) is 0 Å². The van der Waals surface area contributed by atoms with E-state index in [4.69, 9.17) is 11.6 Å². The molecule has 3 rings (SSSR count). The molecule has 0 radical (unpaired) electrons. The van der Waals surface area contributed by atoms with Crippen LogP contribution in [0.25, 0.3) is 0 Å². The molecule has 4 nitrogen and oxygen atoms in total. The Kier molecular flexibility index (Phi) is 5.56. The lowest BCUT2D eigenvalue weighted by molar-refractivity contribution is 0.246. The molecule has 1 heterocycles. The minimum Gasteiger partial charge on any atom is -0.295 e. The number of likely N-dealkylation sites (tertiary alicyclic amines) is 1. The van der Waals surface area contributed by atoms with Crippen LogP contribution in [0.2, 0.25) is 5.02 Å². The number of rotatable bonds is 6. The van der Waals surface area contributed by atoms with Gasteiger partial charge in [-0.15, -0.1) is 0 Å². The summed E-state index contributed by atoms with van der Waals surface area (Å²) in [5.74, 6) is 0. The molecule has 2 aromatic rings. The van der Waals surface area contributed by atoms with Crippen LogP contribution >= 0.6 is 11.6 Å². The maximum atomic E-state index is 12.5. The first kappa shape index (κ1) is 17.4. The molecule has 0 amide bonds. The van der Waals surface area contributed by atoms with Gasteiger partial charge < -0.3 is 0 Å². The first-order valence-corrected chi connectivity index (χ1v) is 9.97. The van der Waals surface area contributed by atoms with E-state index in [1.807, 2.05) is 24.3 Å². The molecule has 0 aliphatic carbocycles. The van der Waals surface area contributed by atoms with Crippen LogP contribution in [-0.4, -0.2) is 33.0 Å². The van der Waals surface area contributed by atoms with Crippen molar-refractivity contribution < 1.29 is 8.42 Å². The zero-order valence-corrected chi connectivity index (χ0v) is 14.9. The molecule has 0 aromatic heterocycles. The van der Waals surface area contributed by atoms with Gasteiger partial charge in [0.25, 0.3) is 0 Å². The quantitative estimate of drug-likeness (QED) is 0.854. The third-order valence-electron chi connectivity index (χ3n) is 4.37. The summed E-state index contributed by atoms with van der Waals surface area (Å²) in [6.07, 6.45) is 2.26. The number of nitrogens with zero attached hydrogens (tertiary/aromatic N) is 1. The van der Waals surface area contributed by atoms with Crippen molar-refractivity contribution in [2.75, 3.05) is 19.6 Å². The van der Waals surface area contributed by atoms with Crippen LogP contribution in [0.5, 0.6) is 0 Å². The summed E-state index contributed by atoms with van der Waals surface area (Å²) in [5.41, 5.74) is 0.969. The maximum Gasteiger partial charge on any atom is 0.240 e. The van der Waals surface area contributed by atoms with E-state index in [0.29, 0.717) is 11.6 Å². The van der Waals surface area contributed by atoms with Crippen molar-refractivity contribution in [2.24, 2.45) is 0 Å². The Labute approximate surface area is 148 Å². The van der Waals surface area contributed by atoms with Crippen molar-refractivity contribution >= 4 is 21.6 Å². The predicted octanol–water partition coefficient (Wildman–Crippen LogP) is 3.46. The van der Waals surface area contributed by atoms with Gasteiger partial charge in [0.1, 0.15) is 0 Å². The fraction of sp³-hybridized carbons (Fsp3) is 0.333. The van der Waals surface area contributed by atoms with E-state index in [9.17, 15) is 8.42 Å². The highest BCUT2D eigenvalue weighted by molar-refractivity contribution is 7.89. The average Bonchev–Trinajstić information content (AvgIpc) is 3.12. The SMILES string of the molecule is O=S(=O)(NC[C@H](c1ccccc1Cl)N1CCCC1)c1ccccc1. The Balaban J connectivity index is 1.81. The predicted molar refractivity (Wildman–Crippen MR) is 96.6 cm³/mol. The maximum absolute atomic E-state index is 12.5. The Morgan fingerprint density at radius 2 is 1.62 bits per heavy atom. The molecule has 1 fully saturated rings. The van der Waals surface area contributed by atoms with Gasteiger partial charge in [-0.2, -0.15) is 0 Å². The molecular weight excluding hydrogens is 344 g/mol. The van der Waals surface area contributed by atoms with Crippen molar-refractivity contribution in [1.82, 2.24) is 9.62 Å². The van der Waals surface area contributed by atoms with Gasteiger partial charge >= 0.3 is 0 Å². The zero-order chi connectivity index (χ0) is 17.0. The number of hydrogen-bond acceptors (Lipinski definition) is 3. The Hall–Kier alpha value is -1.40. The summed E-state index contributed by atoms with van der Waals surface area (Å²) in [6, 6.07) is 16.0. The molecule has 0 unspecified atom stereocenters. The highest BCUT2D eigenvalue weighted by Crippen LogP contribution is 2.30. The number of nitrogens with one attached hydrogen (secondary N) is 1. The van der Waals surface area contributed by atoms with Crippen molar-refractivity contribution in [3.63, 3.8) is 0 Å². The smallest absolute Gasteiger partial charge is 0.240 e. The van der Waals surface area contributed by atoms with E-state index in [-0.39, 0.29) is 10.9 Å². The summed E-state index contributed by atoms with van der Waals surface area (Å²) in [6.45, 7) is 2.23. The van der Waals surface area contributed by atoms with Crippen LogP contribution in [0.15, 0.2) is 59.5 Å². The summed E-state index contributed by atoms with van der Waals surface area (Å²) >= 11 is 6.36. The minimum absolute atomic E-state index is 0.0558. The number of halogens is 1. The molecule has 1 N–H and O–H groups in total. The summed E-state index contributed by atoms with van der Waals surface area (Å²) in [4.78, 5) is 2.58.